The van der Waals surface area contributed by atoms with Crippen molar-refractivity contribution in [3.8, 4) is 0 Å². The minimum atomic E-state index is -0.361. The zero-order valence-electron chi connectivity index (χ0n) is 10.3. The van der Waals surface area contributed by atoms with Crippen LogP contribution in [-0.4, -0.2) is 0 Å². The summed E-state index contributed by atoms with van der Waals surface area (Å²) < 4.78 is 13.0. The zero-order chi connectivity index (χ0) is 14.0. The third kappa shape index (κ3) is 3.31. The van der Waals surface area contributed by atoms with Gasteiger partial charge < -0.3 is 11.1 Å². The van der Waals surface area contributed by atoms with Crippen LogP contribution in [0.5, 0.6) is 0 Å². The first-order valence-electron chi connectivity index (χ1n) is 5.74. The minimum Gasteiger partial charge on any atom is -0.397 e. The summed E-state index contributed by atoms with van der Waals surface area (Å²) in [5, 5.41) is 4.36. The molecule has 1 unspecified atom stereocenters. The van der Waals surface area contributed by atoms with E-state index in [0.717, 1.165) is 5.56 Å². The van der Waals surface area contributed by atoms with Gasteiger partial charge in [-0.15, -0.1) is 0 Å². The molecule has 100 valence electrons. The zero-order valence-corrected chi connectivity index (χ0v) is 11.8. The van der Waals surface area contributed by atoms with Crippen molar-refractivity contribution in [2.24, 2.45) is 0 Å². The van der Waals surface area contributed by atoms with Crippen LogP contribution in [-0.2, 0) is 0 Å². The Morgan fingerprint density at radius 3 is 2.53 bits per heavy atom. The quantitative estimate of drug-likeness (QED) is 0.792. The van der Waals surface area contributed by atoms with Crippen molar-refractivity contribution in [3.63, 3.8) is 0 Å². The average molecular weight is 299 g/mol. The summed E-state index contributed by atoms with van der Waals surface area (Å²) in [6.45, 7) is 1.94. The topological polar surface area (TPSA) is 38.0 Å². The van der Waals surface area contributed by atoms with Gasteiger partial charge in [0.15, 0.2) is 0 Å². The smallest absolute Gasteiger partial charge is 0.125 e. The molecule has 0 radical (unpaired) electrons. The van der Waals surface area contributed by atoms with E-state index in [1.165, 1.54) is 12.1 Å². The molecule has 2 rings (SSSR count). The lowest BCUT2D eigenvalue weighted by Crippen LogP contribution is -2.09. The molecule has 0 saturated carbocycles. The van der Waals surface area contributed by atoms with E-state index in [1.807, 2.05) is 13.0 Å². The Kier molecular flexibility index (Phi) is 4.17. The molecular formula is C14H13Cl2FN2. The number of nitrogens with one attached hydrogen (secondary N) is 1. The van der Waals surface area contributed by atoms with Crippen molar-refractivity contribution >= 4 is 34.6 Å². The van der Waals surface area contributed by atoms with Gasteiger partial charge in [0.05, 0.1) is 17.4 Å². The number of rotatable bonds is 3. The summed E-state index contributed by atoms with van der Waals surface area (Å²) in [5.74, 6) is -0.361. The Bertz CT molecular complexity index is 602. The van der Waals surface area contributed by atoms with Crippen LogP contribution in [0, 0.1) is 5.82 Å². The molecule has 0 aliphatic carbocycles. The number of benzene rings is 2. The molecule has 2 aromatic carbocycles. The van der Waals surface area contributed by atoms with Crippen molar-refractivity contribution in [1.82, 2.24) is 0 Å². The highest BCUT2D eigenvalue weighted by Gasteiger charge is 2.11. The summed E-state index contributed by atoms with van der Waals surface area (Å²) in [6.07, 6.45) is 0. The molecular weight excluding hydrogens is 286 g/mol. The molecule has 0 saturated heterocycles. The largest absolute Gasteiger partial charge is 0.397 e. The van der Waals surface area contributed by atoms with Crippen LogP contribution in [0.2, 0.25) is 10.0 Å². The number of halogens is 3. The first-order valence-corrected chi connectivity index (χ1v) is 6.49. The lowest BCUT2D eigenvalue weighted by molar-refractivity contribution is 0.628. The molecule has 2 aromatic rings. The average Bonchev–Trinajstić information content (AvgIpc) is 2.32. The van der Waals surface area contributed by atoms with Crippen LogP contribution in [0.15, 0.2) is 36.4 Å². The van der Waals surface area contributed by atoms with Gasteiger partial charge in [-0.05, 0) is 42.8 Å². The third-order valence-electron chi connectivity index (χ3n) is 2.81. The van der Waals surface area contributed by atoms with Crippen LogP contribution < -0.4 is 11.1 Å². The third-order valence-corrected chi connectivity index (χ3v) is 3.38. The highest BCUT2D eigenvalue weighted by atomic mass is 35.5. The fourth-order valence-corrected chi connectivity index (χ4v) is 2.40. The Balaban J connectivity index is 2.23. The molecule has 0 spiro atoms. The molecule has 3 N–H and O–H groups in total. The lowest BCUT2D eigenvalue weighted by atomic mass is 10.1. The number of hydrogen-bond acceptors (Lipinski definition) is 2. The number of nitrogen functional groups attached to an aromatic ring is 1. The van der Waals surface area contributed by atoms with Gasteiger partial charge in [0, 0.05) is 10.0 Å². The summed E-state index contributed by atoms with van der Waals surface area (Å²) in [7, 11) is 0. The molecule has 0 aromatic heterocycles. The second kappa shape index (κ2) is 5.68. The van der Waals surface area contributed by atoms with Gasteiger partial charge in [0.25, 0.3) is 0 Å². The van der Waals surface area contributed by atoms with Crippen LogP contribution in [0.1, 0.15) is 18.5 Å². The number of nitrogens with two attached hydrogens (primary N) is 1. The van der Waals surface area contributed by atoms with Gasteiger partial charge in [-0.1, -0.05) is 29.3 Å². The second-order valence-electron chi connectivity index (χ2n) is 4.26. The first-order chi connectivity index (χ1) is 8.97. The normalized spacial score (nSPS) is 12.2. The molecule has 0 amide bonds. The molecule has 0 aliphatic heterocycles. The molecule has 0 bridgehead atoms. The van der Waals surface area contributed by atoms with Gasteiger partial charge in [0.2, 0.25) is 0 Å². The van der Waals surface area contributed by atoms with Crippen LogP contribution >= 0.6 is 23.2 Å². The van der Waals surface area contributed by atoms with Gasteiger partial charge in [-0.25, -0.2) is 4.39 Å². The highest BCUT2D eigenvalue weighted by Crippen LogP contribution is 2.30. The van der Waals surface area contributed by atoms with Gasteiger partial charge in [-0.3, -0.25) is 0 Å². The van der Waals surface area contributed by atoms with Crippen LogP contribution in [0.3, 0.4) is 0 Å². The van der Waals surface area contributed by atoms with Crippen molar-refractivity contribution in [2.45, 2.75) is 13.0 Å². The van der Waals surface area contributed by atoms with Crippen LogP contribution in [0.4, 0.5) is 15.8 Å². The molecule has 0 aliphatic rings. The Hall–Kier alpha value is -1.45. The molecule has 0 fully saturated rings. The van der Waals surface area contributed by atoms with Crippen molar-refractivity contribution in [1.29, 1.82) is 0 Å². The fraction of sp³-hybridized carbons (Fsp3) is 0.143. The van der Waals surface area contributed by atoms with Crippen molar-refractivity contribution in [2.75, 3.05) is 11.1 Å². The van der Waals surface area contributed by atoms with Gasteiger partial charge in [-0.2, -0.15) is 0 Å². The second-order valence-corrected chi connectivity index (χ2v) is 5.11. The summed E-state index contributed by atoms with van der Waals surface area (Å²) in [6, 6.07) is 9.47. The first kappa shape index (κ1) is 14.0. The van der Waals surface area contributed by atoms with E-state index in [2.05, 4.69) is 5.32 Å². The fourth-order valence-electron chi connectivity index (χ4n) is 1.83. The molecule has 5 heteroatoms. The predicted molar refractivity (Wildman–Crippen MR) is 79.3 cm³/mol. The van der Waals surface area contributed by atoms with Crippen molar-refractivity contribution in [3.05, 3.63) is 57.8 Å². The Morgan fingerprint density at radius 2 is 1.89 bits per heavy atom. The van der Waals surface area contributed by atoms with E-state index in [4.69, 9.17) is 28.9 Å². The highest BCUT2D eigenvalue weighted by molar-refractivity contribution is 6.35. The number of hydrogen-bond donors (Lipinski definition) is 2. The maximum absolute atomic E-state index is 13.0. The SMILES string of the molecule is CC(Nc1ccc(F)cc1N)c1ccc(Cl)cc1Cl. The van der Waals surface area contributed by atoms with E-state index >= 15 is 0 Å². The van der Waals surface area contributed by atoms with Crippen LogP contribution in [0.25, 0.3) is 0 Å². The minimum absolute atomic E-state index is 0.0717. The predicted octanol–water partition coefficient (Wildman–Crippen LogP) is 4.89. The van der Waals surface area contributed by atoms with E-state index in [9.17, 15) is 4.39 Å². The van der Waals surface area contributed by atoms with E-state index in [1.54, 1.807) is 18.2 Å². The Morgan fingerprint density at radius 1 is 1.16 bits per heavy atom. The van der Waals surface area contributed by atoms with E-state index in [-0.39, 0.29) is 11.9 Å². The van der Waals surface area contributed by atoms with Gasteiger partial charge in [0.1, 0.15) is 5.82 Å². The maximum atomic E-state index is 13.0. The molecule has 2 nitrogen and oxygen atoms in total. The van der Waals surface area contributed by atoms with E-state index in [0.29, 0.717) is 21.4 Å². The molecule has 0 heterocycles. The lowest BCUT2D eigenvalue weighted by Gasteiger charge is -2.18. The monoisotopic (exact) mass is 298 g/mol. The molecule has 19 heavy (non-hydrogen) atoms. The summed E-state index contributed by atoms with van der Waals surface area (Å²) in [4.78, 5) is 0. The number of anilines is 2. The van der Waals surface area contributed by atoms with Crippen molar-refractivity contribution < 1.29 is 4.39 Å². The maximum Gasteiger partial charge on any atom is 0.125 e. The van der Waals surface area contributed by atoms with Gasteiger partial charge >= 0.3 is 0 Å². The van der Waals surface area contributed by atoms with E-state index < -0.39 is 0 Å². The summed E-state index contributed by atoms with van der Waals surface area (Å²) >= 11 is 12.0. The Labute approximate surface area is 121 Å². The summed E-state index contributed by atoms with van der Waals surface area (Å²) in [5.41, 5.74) is 7.68. The molecule has 1 atom stereocenters. The standard InChI is InChI=1S/C14H13Cl2FN2/c1-8(11-4-2-9(15)6-12(11)16)19-14-5-3-10(17)7-13(14)18/h2-8,19H,18H2,1H3.